The van der Waals surface area contributed by atoms with Gasteiger partial charge in [0.15, 0.2) is 0 Å². The number of ether oxygens (including phenoxy) is 1. The molecule has 5 heteroatoms. The summed E-state index contributed by atoms with van der Waals surface area (Å²) in [6.45, 7) is 7.92. The molecule has 4 nitrogen and oxygen atoms in total. The molecule has 17 heavy (non-hydrogen) atoms. The maximum atomic E-state index is 5.87. The summed E-state index contributed by atoms with van der Waals surface area (Å²) in [5, 5.41) is 4.29. The van der Waals surface area contributed by atoms with Crippen molar-refractivity contribution >= 4 is 11.6 Å². The Bertz CT molecular complexity index is 355. The monoisotopic (exact) mass is 257 g/mol. The predicted molar refractivity (Wildman–Crippen MR) is 68.2 cm³/mol. The fraction of sp³-hybridized carbons (Fsp3) is 0.750. The molecule has 1 fully saturated rings. The van der Waals surface area contributed by atoms with Crippen molar-refractivity contribution in [2.75, 3.05) is 19.0 Å². The molecule has 1 aromatic heterocycles. The van der Waals surface area contributed by atoms with Crippen molar-refractivity contribution in [2.45, 2.75) is 39.1 Å². The molecular weight excluding hydrogens is 238 g/mol. The summed E-state index contributed by atoms with van der Waals surface area (Å²) in [4.78, 5) is 2.39. The van der Waals surface area contributed by atoms with Crippen molar-refractivity contribution in [3.8, 4) is 0 Å². The van der Waals surface area contributed by atoms with Crippen LogP contribution in [0.5, 0.6) is 0 Å². The maximum absolute atomic E-state index is 5.87. The van der Waals surface area contributed by atoms with E-state index in [-0.39, 0.29) is 12.2 Å². The zero-order valence-electron chi connectivity index (χ0n) is 10.5. The maximum Gasteiger partial charge on any atom is 0.0841 e. The smallest absolute Gasteiger partial charge is 0.0841 e. The van der Waals surface area contributed by atoms with Crippen molar-refractivity contribution in [1.82, 2.24) is 14.7 Å². The molecule has 96 valence electrons. The molecule has 2 heterocycles. The number of nitrogens with zero attached hydrogens (tertiary/aromatic N) is 3. The summed E-state index contributed by atoms with van der Waals surface area (Å²) >= 11 is 5.87. The van der Waals surface area contributed by atoms with E-state index in [1.807, 2.05) is 10.9 Å². The number of halogens is 1. The highest BCUT2D eigenvalue weighted by Gasteiger charge is 2.24. The minimum absolute atomic E-state index is 0.154. The van der Waals surface area contributed by atoms with Crippen LogP contribution in [0, 0.1) is 0 Å². The van der Waals surface area contributed by atoms with Crippen molar-refractivity contribution in [3.63, 3.8) is 0 Å². The summed E-state index contributed by atoms with van der Waals surface area (Å²) < 4.78 is 7.69. The standard InChI is InChI=1S/C12H20ClN3O/c1-3-16-8-11(5-14-16)7-15-6-10(2)17-12(4-13)9-15/h5,8,10,12H,3-4,6-7,9H2,1-2H3. The fourth-order valence-corrected chi connectivity index (χ4v) is 2.44. The molecule has 0 amide bonds. The van der Waals surface area contributed by atoms with Crippen LogP contribution in [0.15, 0.2) is 12.4 Å². The molecule has 0 saturated carbocycles. The van der Waals surface area contributed by atoms with Crippen molar-refractivity contribution in [1.29, 1.82) is 0 Å². The Kier molecular flexibility index (Phi) is 4.42. The van der Waals surface area contributed by atoms with E-state index in [0.29, 0.717) is 5.88 Å². The summed E-state index contributed by atoms with van der Waals surface area (Å²) in [5.74, 6) is 0.565. The van der Waals surface area contributed by atoms with Gasteiger partial charge in [-0.25, -0.2) is 0 Å². The molecule has 1 aliphatic rings. The number of morpholine rings is 1. The molecule has 0 aromatic carbocycles. The van der Waals surface area contributed by atoms with E-state index >= 15 is 0 Å². The Labute approximate surface area is 107 Å². The lowest BCUT2D eigenvalue weighted by Crippen LogP contribution is -2.46. The van der Waals surface area contributed by atoms with E-state index < -0.39 is 0 Å². The van der Waals surface area contributed by atoms with Gasteiger partial charge in [0.2, 0.25) is 0 Å². The lowest BCUT2D eigenvalue weighted by Gasteiger charge is -2.35. The predicted octanol–water partition coefficient (Wildman–Crippen LogP) is 1.73. The molecular formula is C12H20ClN3O. The molecule has 0 aliphatic carbocycles. The minimum Gasteiger partial charge on any atom is -0.371 e. The summed E-state index contributed by atoms with van der Waals surface area (Å²) in [6, 6.07) is 0. The molecule has 1 aromatic rings. The Balaban J connectivity index is 1.93. The van der Waals surface area contributed by atoms with Gasteiger partial charge >= 0.3 is 0 Å². The van der Waals surface area contributed by atoms with E-state index in [2.05, 4.69) is 30.0 Å². The lowest BCUT2D eigenvalue weighted by molar-refractivity contribution is -0.0688. The molecule has 0 spiro atoms. The topological polar surface area (TPSA) is 30.3 Å². The third-order valence-corrected chi connectivity index (χ3v) is 3.34. The highest BCUT2D eigenvalue weighted by Crippen LogP contribution is 2.15. The summed E-state index contributed by atoms with van der Waals surface area (Å²) in [6.07, 6.45) is 4.46. The number of hydrogen-bond acceptors (Lipinski definition) is 3. The van der Waals surface area contributed by atoms with Crippen LogP contribution < -0.4 is 0 Å². The van der Waals surface area contributed by atoms with Crippen molar-refractivity contribution < 1.29 is 4.74 Å². The van der Waals surface area contributed by atoms with Gasteiger partial charge in [-0.1, -0.05) is 0 Å². The molecule has 2 atom stereocenters. The van der Waals surface area contributed by atoms with E-state index in [1.54, 1.807) is 0 Å². The second-order valence-electron chi connectivity index (χ2n) is 4.62. The van der Waals surface area contributed by atoms with Crippen LogP contribution in [0.2, 0.25) is 0 Å². The van der Waals surface area contributed by atoms with Crippen LogP contribution in [0.1, 0.15) is 19.4 Å². The average Bonchev–Trinajstić information content (AvgIpc) is 2.76. The van der Waals surface area contributed by atoms with Gasteiger partial charge in [0.05, 0.1) is 18.4 Å². The van der Waals surface area contributed by atoms with Gasteiger partial charge in [0.25, 0.3) is 0 Å². The van der Waals surface area contributed by atoms with Crippen LogP contribution in [0.25, 0.3) is 0 Å². The zero-order valence-corrected chi connectivity index (χ0v) is 11.2. The molecule has 0 radical (unpaired) electrons. The quantitative estimate of drug-likeness (QED) is 0.770. The number of aromatic nitrogens is 2. The molecule has 1 saturated heterocycles. The van der Waals surface area contributed by atoms with Gasteiger partial charge in [0.1, 0.15) is 0 Å². The van der Waals surface area contributed by atoms with E-state index in [0.717, 1.165) is 26.2 Å². The highest BCUT2D eigenvalue weighted by atomic mass is 35.5. The van der Waals surface area contributed by atoms with Gasteiger partial charge in [-0.3, -0.25) is 9.58 Å². The Morgan fingerprint density at radius 1 is 1.53 bits per heavy atom. The number of aryl methyl sites for hydroxylation is 1. The third kappa shape index (κ3) is 3.44. The van der Waals surface area contributed by atoms with E-state index in [4.69, 9.17) is 16.3 Å². The van der Waals surface area contributed by atoms with E-state index in [1.165, 1.54) is 5.56 Å². The van der Waals surface area contributed by atoms with Crippen LogP contribution in [-0.4, -0.2) is 45.9 Å². The van der Waals surface area contributed by atoms with Crippen molar-refractivity contribution in [3.05, 3.63) is 18.0 Å². The number of rotatable bonds is 4. The van der Waals surface area contributed by atoms with Gasteiger partial charge in [-0.05, 0) is 13.8 Å². The van der Waals surface area contributed by atoms with Gasteiger partial charge in [-0.15, -0.1) is 11.6 Å². The van der Waals surface area contributed by atoms with Gasteiger partial charge in [-0.2, -0.15) is 5.10 Å². The third-order valence-electron chi connectivity index (χ3n) is 2.99. The minimum atomic E-state index is 0.154. The summed E-state index contributed by atoms with van der Waals surface area (Å²) in [5.41, 5.74) is 1.26. The Morgan fingerprint density at radius 3 is 3.00 bits per heavy atom. The molecule has 0 N–H and O–H groups in total. The van der Waals surface area contributed by atoms with Gasteiger partial charge < -0.3 is 4.74 Å². The number of hydrogen-bond donors (Lipinski definition) is 0. The van der Waals surface area contributed by atoms with E-state index in [9.17, 15) is 0 Å². The van der Waals surface area contributed by atoms with Crippen LogP contribution in [-0.2, 0) is 17.8 Å². The molecule has 2 rings (SSSR count). The molecule has 1 aliphatic heterocycles. The normalized spacial score (nSPS) is 26.3. The first-order valence-corrected chi connectivity index (χ1v) is 6.69. The van der Waals surface area contributed by atoms with Crippen LogP contribution >= 0.6 is 11.6 Å². The second kappa shape index (κ2) is 5.85. The first-order chi connectivity index (χ1) is 8.21. The van der Waals surface area contributed by atoms with Gasteiger partial charge in [0, 0.05) is 43.8 Å². The lowest BCUT2D eigenvalue weighted by atomic mass is 10.2. The largest absolute Gasteiger partial charge is 0.371 e. The van der Waals surface area contributed by atoms with Crippen LogP contribution in [0.3, 0.4) is 0 Å². The Morgan fingerprint density at radius 2 is 2.35 bits per heavy atom. The highest BCUT2D eigenvalue weighted by molar-refractivity contribution is 6.18. The average molecular weight is 258 g/mol. The SMILES string of the molecule is CCn1cc(CN2CC(C)OC(CCl)C2)cn1. The first-order valence-electron chi connectivity index (χ1n) is 6.16. The van der Waals surface area contributed by atoms with Crippen LogP contribution in [0.4, 0.5) is 0 Å². The fourth-order valence-electron chi connectivity index (χ4n) is 2.27. The second-order valence-corrected chi connectivity index (χ2v) is 4.93. The summed E-state index contributed by atoms with van der Waals surface area (Å²) in [7, 11) is 0. The number of alkyl halides is 1. The molecule has 2 unspecified atom stereocenters. The Hall–Kier alpha value is -0.580. The zero-order chi connectivity index (χ0) is 12.3. The van der Waals surface area contributed by atoms with Crippen molar-refractivity contribution in [2.24, 2.45) is 0 Å². The molecule has 0 bridgehead atoms. The first kappa shape index (κ1) is 12.9.